The highest BCUT2D eigenvalue weighted by Crippen LogP contribution is 2.42. The summed E-state index contributed by atoms with van der Waals surface area (Å²) >= 11 is 0. The summed E-state index contributed by atoms with van der Waals surface area (Å²) in [6, 6.07) is 0. The van der Waals surface area contributed by atoms with E-state index in [1.165, 1.54) is 12.8 Å². The molecule has 0 heterocycles. The van der Waals surface area contributed by atoms with E-state index in [1.54, 1.807) is 0 Å². The fourth-order valence-electron chi connectivity index (χ4n) is 2.56. The van der Waals surface area contributed by atoms with Crippen molar-refractivity contribution in [3.05, 3.63) is 0 Å². The van der Waals surface area contributed by atoms with E-state index in [4.69, 9.17) is 0 Å². The van der Waals surface area contributed by atoms with Crippen molar-refractivity contribution < 1.29 is 4.79 Å². The van der Waals surface area contributed by atoms with Gasteiger partial charge in [0, 0.05) is 13.0 Å². The topological polar surface area (TPSA) is 29.1 Å². The number of hydrogen-bond donors (Lipinski definition) is 1. The smallest absolute Gasteiger partial charge is 0.220 e. The first-order valence-corrected chi connectivity index (χ1v) is 7.61. The molecule has 1 atom stereocenters. The van der Waals surface area contributed by atoms with Crippen molar-refractivity contribution in [3.8, 4) is 0 Å². The van der Waals surface area contributed by atoms with Gasteiger partial charge in [-0.05, 0) is 23.7 Å². The van der Waals surface area contributed by atoms with Crippen molar-refractivity contribution in [2.75, 3.05) is 6.54 Å². The summed E-state index contributed by atoms with van der Waals surface area (Å²) in [6.45, 7) is 14.2. The monoisotopic (exact) mass is 255 g/mol. The van der Waals surface area contributed by atoms with Crippen LogP contribution in [0.4, 0.5) is 0 Å². The van der Waals surface area contributed by atoms with Gasteiger partial charge in [0.1, 0.15) is 0 Å². The van der Waals surface area contributed by atoms with Gasteiger partial charge in [-0.1, -0.05) is 60.8 Å². The Balaban J connectivity index is 4.55. The molecule has 0 bridgehead atoms. The summed E-state index contributed by atoms with van der Waals surface area (Å²) in [4.78, 5) is 11.9. The Hall–Kier alpha value is -0.530. The maximum Gasteiger partial charge on any atom is 0.220 e. The van der Waals surface area contributed by atoms with Gasteiger partial charge >= 0.3 is 0 Å². The highest BCUT2D eigenvalue weighted by Gasteiger charge is 2.33. The molecule has 0 saturated carbocycles. The molecule has 0 rings (SSSR count). The van der Waals surface area contributed by atoms with E-state index in [-0.39, 0.29) is 11.3 Å². The van der Waals surface area contributed by atoms with Crippen LogP contribution in [0.15, 0.2) is 0 Å². The maximum atomic E-state index is 11.9. The number of hydrogen-bond acceptors (Lipinski definition) is 1. The average molecular weight is 255 g/mol. The van der Waals surface area contributed by atoms with E-state index >= 15 is 0 Å². The average Bonchev–Trinajstić information content (AvgIpc) is 2.36. The summed E-state index contributed by atoms with van der Waals surface area (Å²) in [5.41, 5.74) is 0.508. The molecule has 0 aromatic rings. The lowest BCUT2D eigenvalue weighted by atomic mass is 9.67. The summed E-state index contributed by atoms with van der Waals surface area (Å²) < 4.78 is 0. The minimum Gasteiger partial charge on any atom is -0.356 e. The van der Waals surface area contributed by atoms with Gasteiger partial charge in [-0.25, -0.2) is 0 Å². The van der Waals surface area contributed by atoms with Crippen LogP contribution in [0.3, 0.4) is 0 Å². The summed E-state index contributed by atoms with van der Waals surface area (Å²) in [6.07, 6.45) is 6.27. The van der Waals surface area contributed by atoms with Crippen LogP contribution >= 0.6 is 0 Å². The number of carbonyl (C=O) groups excluding carboxylic acids is 1. The fourth-order valence-corrected chi connectivity index (χ4v) is 2.56. The molecule has 0 radical (unpaired) electrons. The lowest BCUT2D eigenvalue weighted by Gasteiger charge is -2.38. The second-order valence-corrected chi connectivity index (χ2v) is 6.39. The molecular weight excluding hydrogens is 222 g/mol. The molecule has 0 aliphatic rings. The van der Waals surface area contributed by atoms with Crippen molar-refractivity contribution in [2.45, 2.75) is 80.1 Å². The van der Waals surface area contributed by atoms with Crippen LogP contribution < -0.4 is 5.32 Å². The Morgan fingerprint density at radius 2 is 1.44 bits per heavy atom. The Labute approximate surface area is 114 Å². The normalized spacial score (nSPS) is 15.2. The number of amides is 1. The molecule has 1 amide bonds. The van der Waals surface area contributed by atoms with Gasteiger partial charge in [-0.2, -0.15) is 0 Å². The van der Waals surface area contributed by atoms with Crippen molar-refractivity contribution in [2.24, 2.45) is 10.8 Å². The van der Waals surface area contributed by atoms with Crippen molar-refractivity contribution in [1.82, 2.24) is 5.32 Å². The molecule has 2 heteroatoms. The second-order valence-electron chi connectivity index (χ2n) is 6.39. The Morgan fingerprint density at radius 3 is 1.83 bits per heavy atom. The Morgan fingerprint density at radius 1 is 0.944 bits per heavy atom. The fraction of sp³-hybridized carbons (Fsp3) is 0.938. The molecule has 1 unspecified atom stereocenters. The van der Waals surface area contributed by atoms with E-state index < -0.39 is 0 Å². The van der Waals surface area contributed by atoms with Crippen LogP contribution in [0.2, 0.25) is 0 Å². The molecule has 1 N–H and O–H groups in total. The summed E-state index contributed by atoms with van der Waals surface area (Å²) in [5.74, 6) is 0.218. The van der Waals surface area contributed by atoms with Crippen molar-refractivity contribution >= 4 is 5.91 Å². The van der Waals surface area contributed by atoms with Gasteiger partial charge in [0.25, 0.3) is 0 Å². The molecule has 18 heavy (non-hydrogen) atoms. The summed E-state index contributed by atoms with van der Waals surface area (Å²) in [7, 11) is 0. The first-order chi connectivity index (χ1) is 8.34. The molecule has 0 fully saturated rings. The van der Waals surface area contributed by atoms with E-state index in [0.29, 0.717) is 11.8 Å². The molecule has 2 nitrogen and oxygen atoms in total. The predicted molar refractivity (Wildman–Crippen MR) is 79.6 cm³/mol. The van der Waals surface area contributed by atoms with Crippen LogP contribution in [0.25, 0.3) is 0 Å². The van der Waals surface area contributed by atoms with E-state index in [1.807, 2.05) is 0 Å². The molecule has 0 aliphatic heterocycles. The molecule has 108 valence electrons. The standard InChI is InChI=1S/C16H33NO/c1-7-11-17-14(18)12-16(6,10-4)13-15(5,8-2)9-3/h7-13H2,1-6H3,(H,17,18). The van der Waals surface area contributed by atoms with Crippen LogP contribution in [0, 0.1) is 10.8 Å². The van der Waals surface area contributed by atoms with Gasteiger partial charge in [-0.3, -0.25) is 4.79 Å². The zero-order valence-electron chi connectivity index (χ0n) is 13.4. The third-order valence-corrected chi connectivity index (χ3v) is 4.57. The van der Waals surface area contributed by atoms with Crippen LogP contribution in [-0.4, -0.2) is 12.5 Å². The van der Waals surface area contributed by atoms with E-state index in [2.05, 4.69) is 46.9 Å². The molecular formula is C16H33NO. The third-order valence-electron chi connectivity index (χ3n) is 4.57. The molecule has 0 spiro atoms. The van der Waals surface area contributed by atoms with Crippen LogP contribution in [-0.2, 0) is 4.79 Å². The van der Waals surface area contributed by atoms with Crippen molar-refractivity contribution in [1.29, 1.82) is 0 Å². The van der Waals surface area contributed by atoms with E-state index in [0.717, 1.165) is 25.8 Å². The number of carbonyl (C=O) groups is 1. The van der Waals surface area contributed by atoms with Gasteiger partial charge < -0.3 is 5.32 Å². The van der Waals surface area contributed by atoms with Crippen LogP contribution in [0.1, 0.15) is 80.1 Å². The summed E-state index contributed by atoms with van der Waals surface area (Å²) in [5, 5.41) is 3.01. The zero-order chi connectivity index (χ0) is 14.2. The number of nitrogens with one attached hydrogen (secondary N) is 1. The zero-order valence-corrected chi connectivity index (χ0v) is 13.4. The van der Waals surface area contributed by atoms with Crippen LogP contribution in [0.5, 0.6) is 0 Å². The van der Waals surface area contributed by atoms with Gasteiger partial charge in [-0.15, -0.1) is 0 Å². The minimum atomic E-state index is 0.137. The quantitative estimate of drug-likeness (QED) is 0.644. The highest BCUT2D eigenvalue weighted by molar-refractivity contribution is 5.76. The lowest BCUT2D eigenvalue weighted by Crippen LogP contribution is -2.34. The predicted octanol–water partition coefficient (Wildman–Crippen LogP) is 4.54. The maximum absolute atomic E-state index is 11.9. The van der Waals surface area contributed by atoms with Crippen molar-refractivity contribution in [3.63, 3.8) is 0 Å². The molecule has 0 saturated heterocycles. The largest absolute Gasteiger partial charge is 0.356 e. The SMILES string of the molecule is CCCNC(=O)CC(C)(CC)CC(C)(CC)CC. The molecule has 0 aromatic carbocycles. The van der Waals surface area contributed by atoms with Gasteiger partial charge in [0.15, 0.2) is 0 Å². The van der Waals surface area contributed by atoms with Gasteiger partial charge in [0.05, 0.1) is 0 Å². The first-order valence-electron chi connectivity index (χ1n) is 7.61. The minimum absolute atomic E-state index is 0.137. The lowest BCUT2D eigenvalue weighted by molar-refractivity contribution is -0.123. The highest BCUT2D eigenvalue weighted by atomic mass is 16.1. The first kappa shape index (κ1) is 17.5. The van der Waals surface area contributed by atoms with E-state index in [9.17, 15) is 4.79 Å². The molecule has 0 aliphatic carbocycles. The third kappa shape index (κ3) is 5.88. The Kier molecular flexibility index (Phi) is 7.58. The molecule has 0 aromatic heterocycles. The van der Waals surface area contributed by atoms with Gasteiger partial charge in [0.2, 0.25) is 5.91 Å². The Bertz CT molecular complexity index is 245. The number of rotatable bonds is 9. The second kappa shape index (κ2) is 7.81.